The molecule has 1 heterocycles. The van der Waals surface area contributed by atoms with Gasteiger partial charge in [0.2, 0.25) is 0 Å². The standard InChI is InChI=1S/C15H13Cl2N3O2S/c1-2-20-14-6-4-12(7-10(14)9-18-20)19-23(21,22)15-8-11(16)3-5-13(15)17/h3-9,19H,2H2,1H3. The van der Waals surface area contributed by atoms with Gasteiger partial charge in [-0.1, -0.05) is 23.2 Å². The summed E-state index contributed by atoms with van der Waals surface area (Å²) in [4.78, 5) is -0.0592. The van der Waals surface area contributed by atoms with Crippen LogP contribution in [0, 0.1) is 0 Å². The number of anilines is 1. The molecule has 0 unspecified atom stereocenters. The molecule has 0 aliphatic heterocycles. The van der Waals surface area contributed by atoms with Gasteiger partial charge in [-0.2, -0.15) is 5.10 Å². The van der Waals surface area contributed by atoms with E-state index in [0.29, 0.717) is 10.7 Å². The zero-order valence-electron chi connectivity index (χ0n) is 12.1. The molecular formula is C15H13Cl2N3O2S. The van der Waals surface area contributed by atoms with Gasteiger partial charge in [0.1, 0.15) is 4.90 Å². The highest BCUT2D eigenvalue weighted by atomic mass is 35.5. The lowest BCUT2D eigenvalue weighted by molar-refractivity contribution is 0.601. The molecule has 2 aromatic carbocycles. The maximum Gasteiger partial charge on any atom is 0.263 e. The molecule has 0 radical (unpaired) electrons. The van der Waals surface area contributed by atoms with E-state index in [9.17, 15) is 8.42 Å². The number of sulfonamides is 1. The number of nitrogens with zero attached hydrogens (tertiary/aromatic N) is 2. The normalized spacial score (nSPS) is 11.8. The predicted octanol–water partition coefficient (Wildman–Crippen LogP) is 4.16. The Morgan fingerprint density at radius 2 is 1.96 bits per heavy atom. The van der Waals surface area contributed by atoms with Crippen molar-refractivity contribution in [1.82, 2.24) is 9.78 Å². The number of nitrogens with one attached hydrogen (secondary N) is 1. The average molecular weight is 370 g/mol. The summed E-state index contributed by atoms with van der Waals surface area (Å²) >= 11 is 11.8. The number of aryl methyl sites for hydroxylation is 1. The lowest BCUT2D eigenvalue weighted by atomic mass is 10.2. The van der Waals surface area contributed by atoms with E-state index < -0.39 is 10.0 Å². The fourth-order valence-electron chi connectivity index (χ4n) is 2.30. The largest absolute Gasteiger partial charge is 0.280 e. The van der Waals surface area contributed by atoms with Crippen molar-refractivity contribution in [2.45, 2.75) is 18.4 Å². The zero-order valence-corrected chi connectivity index (χ0v) is 14.5. The number of rotatable bonds is 4. The summed E-state index contributed by atoms with van der Waals surface area (Å²) in [6.45, 7) is 2.73. The minimum atomic E-state index is -3.83. The summed E-state index contributed by atoms with van der Waals surface area (Å²) in [7, 11) is -3.83. The first-order valence-corrected chi connectivity index (χ1v) is 9.08. The van der Waals surface area contributed by atoms with E-state index in [1.807, 2.05) is 17.7 Å². The van der Waals surface area contributed by atoms with Gasteiger partial charge >= 0.3 is 0 Å². The van der Waals surface area contributed by atoms with Crippen LogP contribution in [0.4, 0.5) is 5.69 Å². The minimum absolute atomic E-state index is 0.0592. The van der Waals surface area contributed by atoms with Gasteiger partial charge in [0.25, 0.3) is 10.0 Å². The maximum absolute atomic E-state index is 12.5. The molecule has 120 valence electrons. The second-order valence-corrected chi connectivity index (χ2v) is 7.41. The lowest BCUT2D eigenvalue weighted by Crippen LogP contribution is -2.13. The van der Waals surface area contributed by atoms with Crippen molar-refractivity contribution in [2.75, 3.05) is 4.72 Å². The van der Waals surface area contributed by atoms with E-state index in [0.717, 1.165) is 17.4 Å². The van der Waals surface area contributed by atoms with Crippen LogP contribution in [0.2, 0.25) is 10.0 Å². The molecule has 0 atom stereocenters. The molecule has 3 rings (SSSR count). The van der Waals surface area contributed by atoms with Gasteiger partial charge in [-0.25, -0.2) is 8.42 Å². The van der Waals surface area contributed by atoms with Gasteiger partial charge in [-0.15, -0.1) is 0 Å². The third-order valence-electron chi connectivity index (χ3n) is 3.38. The number of hydrogen-bond donors (Lipinski definition) is 1. The van der Waals surface area contributed by atoms with Crippen LogP contribution < -0.4 is 4.72 Å². The molecule has 1 N–H and O–H groups in total. The zero-order chi connectivity index (χ0) is 16.6. The van der Waals surface area contributed by atoms with E-state index in [2.05, 4.69) is 9.82 Å². The maximum atomic E-state index is 12.5. The molecule has 0 spiro atoms. The summed E-state index contributed by atoms with van der Waals surface area (Å²) < 4.78 is 29.3. The third kappa shape index (κ3) is 3.15. The van der Waals surface area contributed by atoms with Gasteiger partial charge < -0.3 is 0 Å². The van der Waals surface area contributed by atoms with Crippen molar-refractivity contribution < 1.29 is 8.42 Å². The van der Waals surface area contributed by atoms with E-state index in [1.165, 1.54) is 18.2 Å². The molecule has 0 saturated carbocycles. The van der Waals surface area contributed by atoms with Crippen LogP contribution in [0.25, 0.3) is 10.9 Å². The molecule has 8 heteroatoms. The number of hydrogen-bond acceptors (Lipinski definition) is 3. The van der Waals surface area contributed by atoms with Crippen molar-refractivity contribution >= 4 is 49.8 Å². The van der Waals surface area contributed by atoms with Gasteiger partial charge in [-0.05, 0) is 43.3 Å². The Kier molecular flexibility index (Phi) is 4.23. The molecule has 0 bridgehead atoms. The highest BCUT2D eigenvalue weighted by Gasteiger charge is 2.19. The second-order valence-electron chi connectivity index (χ2n) is 4.91. The molecule has 23 heavy (non-hydrogen) atoms. The first kappa shape index (κ1) is 16.1. The summed E-state index contributed by atoms with van der Waals surface area (Å²) in [5, 5.41) is 5.50. The van der Waals surface area contributed by atoms with Crippen LogP contribution in [0.1, 0.15) is 6.92 Å². The Morgan fingerprint density at radius 1 is 1.17 bits per heavy atom. The first-order chi connectivity index (χ1) is 10.9. The molecular weight excluding hydrogens is 357 g/mol. The topological polar surface area (TPSA) is 64.0 Å². The van der Waals surface area contributed by atoms with Gasteiger partial charge in [0.15, 0.2) is 0 Å². The van der Waals surface area contributed by atoms with Crippen molar-refractivity contribution in [3.8, 4) is 0 Å². The van der Waals surface area contributed by atoms with Gasteiger partial charge in [0.05, 0.1) is 16.7 Å². The van der Waals surface area contributed by atoms with Crippen molar-refractivity contribution in [1.29, 1.82) is 0 Å². The molecule has 0 saturated heterocycles. The summed E-state index contributed by atoms with van der Waals surface area (Å²) in [6, 6.07) is 9.54. The molecule has 0 fully saturated rings. The number of aromatic nitrogens is 2. The molecule has 1 aromatic heterocycles. The van der Waals surface area contributed by atoms with E-state index in [-0.39, 0.29) is 9.92 Å². The van der Waals surface area contributed by atoms with Crippen molar-refractivity contribution in [3.63, 3.8) is 0 Å². The SMILES string of the molecule is CCn1ncc2cc(NS(=O)(=O)c3cc(Cl)ccc3Cl)ccc21. The fourth-order valence-corrected chi connectivity index (χ4v) is 4.11. The average Bonchev–Trinajstić information content (AvgIpc) is 2.91. The van der Waals surface area contributed by atoms with Gasteiger partial charge in [-0.3, -0.25) is 9.40 Å². The first-order valence-electron chi connectivity index (χ1n) is 6.84. The molecule has 0 aliphatic rings. The Bertz CT molecular complexity index is 984. The van der Waals surface area contributed by atoms with Crippen LogP contribution in [0.5, 0.6) is 0 Å². The monoisotopic (exact) mass is 369 g/mol. The highest BCUT2D eigenvalue weighted by molar-refractivity contribution is 7.92. The van der Waals surface area contributed by atoms with Crippen LogP contribution in [-0.4, -0.2) is 18.2 Å². The molecule has 5 nitrogen and oxygen atoms in total. The van der Waals surface area contributed by atoms with E-state index >= 15 is 0 Å². The molecule has 0 aliphatic carbocycles. The number of fused-ring (bicyclic) bond motifs is 1. The van der Waals surface area contributed by atoms with Crippen LogP contribution in [0.3, 0.4) is 0 Å². The number of benzene rings is 2. The third-order valence-corrected chi connectivity index (χ3v) is 5.47. The number of halogens is 2. The van der Waals surface area contributed by atoms with Crippen LogP contribution in [-0.2, 0) is 16.6 Å². The van der Waals surface area contributed by atoms with Crippen molar-refractivity contribution in [2.24, 2.45) is 0 Å². The molecule has 3 aromatic rings. The van der Waals surface area contributed by atoms with E-state index in [4.69, 9.17) is 23.2 Å². The Balaban J connectivity index is 1.98. The van der Waals surface area contributed by atoms with Crippen LogP contribution in [0.15, 0.2) is 47.5 Å². The summed E-state index contributed by atoms with van der Waals surface area (Å²) in [6.07, 6.45) is 1.70. The predicted molar refractivity (Wildman–Crippen MR) is 92.7 cm³/mol. The Morgan fingerprint density at radius 3 is 2.70 bits per heavy atom. The van der Waals surface area contributed by atoms with Gasteiger partial charge in [0, 0.05) is 22.6 Å². The minimum Gasteiger partial charge on any atom is -0.280 e. The Labute approximate surface area is 143 Å². The van der Waals surface area contributed by atoms with Crippen LogP contribution >= 0.6 is 23.2 Å². The fraction of sp³-hybridized carbons (Fsp3) is 0.133. The summed E-state index contributed by atoms with van der Waals surface area (Å²) in [5.74, 6) is 0. The smallest absolute Gasteiger partial charge is 0.263 e. The van der Waals surface area contributed by atoms with E-state index in [1.54, 1.807) is 18.3 Å². The lowest BCUT2D eigenvalue weighted by Gasteiger charge is -2.10. The Hall–Kier alpha value is -1.76. The molecule has 0 amide bonds. The highest BCUT2D eigenvalue weighted by Crippen LogP contribution is 2.28. The summed E-state index contributed by atoms with van der Waals surface area (Å²) in [5.41, 5.74) is 1.38. The quantitative estimate of drug-likeness (QED) is 0.750. The van der Waals surface area contributed by atoms with Crippen molar-refractivity contribution in [3.05, 3.63) is 52.6 Å². The second kappa shape index (κ2) is 6.03.